The zero-order valence-electron chi connectivity index (χ0n) is 12.3. The van der Waals surface area contributed by atoms with Crippen LogP contribution in [0.4, 0.5) is 0 Å². The van der Waals surface area contributed by atoms with Gasteiger partial charge < -0.3 is 14.4 Å². The zero-order valence-corrected chi connectivity index (χ0v) is 12.3. The third-order valence-electron chi connectivity index (χ3n) is 4.29. The summed E-state index contributed by atoms with van der Waals surface area (Å²) >= 11 is 0. The maximum atomic E-state index is 12.0. The molecule has 112 valence electrons. The number of hydrogen-bond donors (Lipinski definition) is 0. The highest BCUT2D eigenvalue weighted by molar-refractivity contribution is 5.94. The number of nitrogens with zero attached hydrogens (tertiary/aromatic N) is 1. The fourth-order valence-corrected chi connectivity index (χ4v) is 3.12. The van der Waals surface area contributed by atoms with Crippen LogP contribution in [0.2, 0.25) is 0 Å². The van der Waals surface area contributed by atoms with Crippen molar-refractivity contribution < 1.29 is 19.1 Å². The van der Waals surface area contributed by atoms with Crippen molar-refractivity contribution in [1.82, 2.24) is 4.90 Å². The van der Waals surface area contributed by atoms with Gasteiger partial charge in [-0.2, -0.15) is 0 Å². The summed E-state index contributed by atoms with van der Waals surface area (Å²) in [7, 11) is 2.91. The normalized spacial score (nSPS) is 21.6. The molecule has 2 aliphatic rings. The first-order valence-electron chi connectivity index (χ1n) is 7.28. The number of methoxy groups -OCH3 is 2. The highest BCUT2D eigenvalue weighted by Crippen LogP contribution is 2.30. The second kappa shape index (κ2) is 6.77. The van der Waals surface area contributed by atoms with Crippen molar-refractivity contribution in [2.75, 3.05) is 20.8 Å². The Morgan fingerprint density at radius 3 is 2.60 bits per heavy atom. The van der Waals surface area contributed by atoms with E-state index in [1.807, 2.05) is 0 Å². The summed E-state index contributed by atoms with van der Waals surface area (Å²) in [6, 6.07) is -0.487. The minimum Gasteiger partial charge on any atom is -0.499 e. The molecule has 1 fully saturated rings. The van der Waals surface area contributed by atoms with E-state index < -0.39 is 6.04 Å². The van der Waals surface area contributed by atoms with Crippen molar-refractivity contribution in [3.63, 3.8) is 0 Å². The molecule has 5 nitrogen and oxygen atoms in total. The van der Waals surface area contributed by atoms with E-state index in [2.05, 4.69) is 0 Å². The highest BCUT2D eigenvalue weighted by atomic mass is 16.5. The number of carbonyl (C=O) groups is 2. The van der Waals surface area contributed by atoms with E-state index in [1.54, 1.807) is 4.90 Å². The molecule has 5 heteroatoms. The van der Waals surface area contributed by atoms with Crippen molar-refractivity contribution in [1.29, 1.82) is 0 Å². The molecule has 1 aliphatic heterocycles. The number of rotatable bonds is 5. The summed E-state index contributed by atoms with van der Waals surface area (Å²) in [6.07, 6.45) is 8.14. The molecular formula is C15H23NO4. The van der Waals surface area contributed by atoms with Crippen LogP contribution in [0, 0.1) is 5.92 Å². The van der Waals surface area contributed by atoms with Gasteiger partial charge in [0, 0.05) is 6.08 Å². The molecule has 0 spiro atoms. The average Bonchev–Trinajstić information content (AvgIpc) is 2.86. The summed E-state index contributed by atoms with van der Waals surface area (Å²) in [5, 5.41) is 0. The Morgan fingerprint density at radius 2 is 2.05 bits per heavy atom. The Kier molecular flexibility index (Phi) is 5.04. The molecule has 0 N–H and O–H groups in total. The average molecular weight is 281 g/mol. The topological polar surface area (TPSA) is 55.8 Å². The fraction of sp³-hybridized carbons (Fsp3) is 0.733. The fourth-order valence-electron chi connectivity index (χ4n) is 3.12. The highest BCUT2D eigenvalue weighted by Gasteiger charge is 2.36. The van der Waals surface area contributed by atoms with Crippen LogP contribution in [-0.2, 0) is 19.1 Å². The van der Waals surface area contributed by atoms with Crippen molar-refractivity contribution in [3.05, 3.63) is 11.8 Å². The third kappa shape index (κ3) is 3.32. The molecule has 0 aromatic heterocycles. The van der Waals surface area contributed by atoms with E-state index in [-0.39, 0.29) is 11.9 Å². The number of amides is 1. The lowest BCUT2D eigenvalue weighted by atomic mass is 9.84. The first-order chi connectivity index (χ1) is 9.65. The molecule has 0 radical (unpaired) electrons. The SMILES string of the molecule is COC(=O)[C@H](CC1CCCCC1)N1CC(OC)=CC1=O. The van der Waals surface area contributed by atoms with Gasteiger partial charge in [-0.05, 0) is 12.3 Å². The van der Waals surface area contributed by atoms with E-state index in [9.17, 15) is 9.59 Å². The number of carbonyl (C=O) groups excluding carboxylic acids is 2. The van der Waals surface area contributed by atoms with E-state index >= 15 is 0 Å². The Labute approximate surface area is 119 Å². The predicted octanol–water partition coefficient (Wildman–Crippen LogP) is 1.87. The molecule has 1 amide bonds. The molecule has 1 atom stereocenters. The number of ether oxygens (including phenoxy) is 2. The van der Waals surface area contributed by atoms with Crippen LogP contribution in [0.5, 0.6) is 0 Å². The third-order valence-corrected chi connectivity index (χ3v) is 4.29. The van der Waals surface area contributed by atoms with Crippen LogP contribution in [0.15, 0.2) is 11.8 Å². The molecule has 0 aromatic carbocycles. The molecule has 1 aliphatic carbocycles. The molecule has 0 aromatic rings. The Balaban J connectivity index is 2.04. The monoisotopic (exact) mass is 281 g/mol. The zero-order chi connectivity index (χ0) is 14.5. The number of hydrogen-bond acceptors (Lipinski definition) is 4. The molecule has 0 bridgehead atoms. The molecule has 0 unspecified atom stereocenters. The second-order valence-electron chi connectivity index (χ2n) is 5.56. The van der Waals surface area contributed by atoms with E-state index in [4.69, 9.17) is 9.47 Å². The Bertz CT molecular complexity index is 399. The van der Waals surface area contributed by atoms with Gasteiger partial charge in [-0.1, -0.05) is 32.1 Å². The van der Waals surface area contributed by atoms with Crippen LogP contribution in [-0.4, -0.2) is 43.6 Å². The molecule has 2 rings (SSSR count). The van der Waals surface area contributed by atoms with Gasteiger partial charge in [-0.15, -0.1) is 0 Å². The van der Waals surface area contributed by atoms with E-state index in [0.717, 1.165) is 12.8 Å². The smallest absolute Gasteiger partial charge is 0.328 e. The lowest BCUT2D eigenvalue weighted by Crippen LogP contribution is -2.44. The van der Waals surface area contributed by atoms with Gasteiger partial charge in [0.15, 0.2) is 0 Å². The van der Waals surface area contributed by atoms with Gasteiger partial charge in [0.25, 0.3) is 5.91 Å². The largest absolute Gasteiger partial charge is 0.499 e. The molecule has 0 saturated heterocycles. The number of esters is 1. The molecule has 20 heavy (non-hydrogen) atoms. The van der Waals surface area contributed by atoms with Crippen molar-refractivity contribution in [3.8, 4) is 0 Å². The first kappa shape index (κ1) is 14.9. The van der Waals surface area contributed by atoms with Crippen LogP contribution in [0.25, 0.3) is 0 Å². The summed E-state index contributed by atoms with van der Waals surface area (Å²) < 4.78 is 10.00. The van der Waals surface area contributed by atoms with E-state index in [1.165, 1.54) is 39.6 Å². The lowest BCUT2D eigenvalue weighted by molar-refractivity contribution is -0.151. The maximum Gasteiger partial charge on any atom is 0.328 e. The molecular weight excluding hydrogens is 258 g/mol. The first-order valence-corrected chi connectivity index (χ1v) is 7.28. The van der Waals surface area contributed by atoms with Gasteiger partial charge in [0.1, 0.15) is 11.8 Å². The summed E-state index contributed by atoms with van der Waals surface area (Å²) in [5.74, 6) is 0.627. The predicted molar refractivity (Wildman–Crippen MR) is 73.8 cm³/mol. The van der Waals surface area contributed by atoms with Crippen LogP contribution in [0.1, 0.15) is 38.5 Å². The van der Waals surface area contributed by atoms with Crippen molar-refractivity contribution in [2.45, 2.75) is 44.6 Å². The van der Waals surface area contributed by atoms with E-state index in [0.29, 0.717) is 24.6 Å². The summed E-state index contributed by atoms with van der Waals surface area (Å²) in [5.41, 5.74) is 0. The van der Waals surface area contributed by atoms with Gasteiger partial charge in [-0.25, -0.2) is 4.79 Å². The van der Waals surface area contributed by atoms with Gasteiger partial charge >= 0.3 is 5.97 Å². The maximum absolute atomic E-state index is 12.0. The summed E-state index contributed by atoms with van der Waals surface area (Å²) in [6.45, 7) is 0.363. The minimum atomic E-state index is -0.487. The van der Waals surface area contributed by atoms with Crippen LogP contribution >= 0.6 is 0 Å². The second-order valence-corrected chi connectivity index (χ2v) is 5.56. The van der Waals surface area contributed by atoms with Crippen LogP contribution < -0.4 is 0 Å². The standard InChI is InChI=1S/C15H23NO4/c1-19-12-9-14(17)16(10-12)13(15(18)20-2)8-11-6-4-3-5-7-11/h9,11,13H,3-8,10H2,1-2H3/t13-/m0/s1. The Morgan fingerprint density at radius 1 is 1.35 bits per heavy atom. The quantitative estimate of drug-likeness (QED) is 0.722. The van der Waals surface area contributed by atoms with Crippen molar-refractivity contribution >= 4 is 11.9 Å². The molecule has 1 heterocycles. The van der Waals surface area contributed by atoms with Gasteiger partial charge in [0.2, 0.25) is 0 Å². The van der Waals surface area contributed by atoms with Gasteiger partial charge in [0.05, 0.1) is 20.8 Å². The minimum absolute atomic E-state index is 0.159. The molecule has 1 saturated carbocycles. The van der Waals surface area contributed by atoms with Crippen LogP contribution in [0.3, 0.4) is 0 Å². The van der Waals surface area contributed by atoms with Crippen molar-refractivity contribution in [2.24, 2.45) is 5.92 Å². The summed E-state index contributed by atoms with van der Waals surface area (Å²) in [4.78, 5) is 25.6. The lowest BCUT2D eigenvalue weighted by Gasteiger charge is -2.30. The Hall–Kier alpha value is -1.52. The van der Waals surface area contributed by atoms with Gasteiger partial charge in [-0.3, -0.25) is 4.79 Å².